The average Bonchev–Trinajstić information content (AvgIpc) is 2.30. The molecule has 0 aromatic rings. The zero-order chi connectivity index (χ0) is 13.3. The zero-order valence-electron chi connectivity index (χ0n) is 9.07. The topological polar surface area (TPSA) is 136 Å². The van der Waals surface area contributed by atoms with E-state index >= 15 is 0 Å². The lowest BCUT2D eigenvalue weighted by Gasteiger charge is -2.10. The molecule has 0 bridgehead atoms. The number of rotatable bonds is 9. The van der Waals surface area contributed by atoms with Crippen molar-refractivity contribution in [1.82, 2.24) is 0 Å². The molecule has 6 N–H and O–H groups in total. The first-order valence-electron chi connectivity index (χ1n) is 4.75. The maximum absolute atomic E-state index is 11.1. The molecule has 0 aliphatic carbocycles. The molecule has 0 rings (SSSR count). The van der Waals surface area contributed by atoms with Gasteiger partial charge in [-0.15, -0.1) is 0 Å². The first-order chi connectivity index (χ1) is 7.99. The molecular formula is C8H16N2O5S2. The standard InChI is InChI=1S/C8H16N2O5S2/c9-5(7(12)13)3-16-17-4-6(10)8(14)15-2-1-11/h5-6,11H,1-4,9-10H2,(H,12,13)/t5-,6-/m0/s1. The number of aliphatic hydroxyl groups excluding tert-OH is 1. The third-order valence-corrected chi connectivity index (χ3v) is 4.01. The number of aliphatic carboxylic acids is 1. The molecule has 7 nitrogen and oxygen atoms in total. The monoisotopic (exact) mass is 284 g/mol. The summed E-state index contributed by atoms with van der Waals surface area (Å²) in [5.41, 5.74) is 10.8. The van der Waals surface area contributed by atoms with Crippen LogP contribution in [0.25, 0.3) is 0 Å². The molecule has 0 unspecified atom stereocenters. The predicted molar refractivity (Wildman–Crippen MR) is 66.5 cm³/mol. The molecule has 0 heterocycles. The van der Waals surface area contributed by atoms with Gasteiger partial charge in [-0.3, -0.25) is 9.59 Å². The summed E-state index contributed by atoms with van der Waals surface area (Å²) in [6, 6.07) is -1.72. The third kappa shape index (κ3) is 8.27. The molecule has 17 heavy (non-hydrogen) atoms. The number of aliphatic hydroxyl groups is 1. The fourth-order valence-electron chi connectivity index (χ4n) is 0.635. The normalized spacial score (nSPS) is 14.1. The van der Waals surface area contributed by atoms with Gasteiger partial charge in [0.25, 0.3) is 0 Å². The van der Waals surface area contributed by atoms with Crippen LogP contribution < -0.4 is 11.5 Å². The van der Waals surface area contributed by atoms with E-state index in [0.29, 0.717) is 5.75 Å². The molecular weight excluding hydrogens is 268 g/mol. The van der Waals surface area contributed by atoms with Crippen molar-refractivity contribution in [2.24, 2.45) is 11.5 Å². The fourth-order valence-corrected chi connectivity index (χ4v) is 2.86. The van der Waals surface area contributed by atoms with E-state index in [-0.39, 0.29) is 19.0 Å². The highest BCUT2D eigenvalue weighted by Gasteiger charge is 2.16. The third-order valence-electron chi connectivity index (χ3n) is 1.53. The van der Waals surface area contributed by atoms with Crippen LogP contribution in [0.4, 0.5) is 0 Å². The second-order valence-electron chi connectivity index (χ2n) is 3.01. The average molecular weight is 284 g/mol. The van der Waals surface area contributed by atoms with Gasteiger partial charge in [-0.25, -0.2) is 0 Å². The van der Waals surface area contributed by atoms with Crippen molar-refractivity contribution >= 4 is 33.5 Å². The van der Waals surface area contributed by atoms with Crippen molar-refractivity contribution < 1.29 is 24.5 Å². The second kappa shape index (κ2) is 9.54. The van der Waals surface area contributed by atoms with Gasteiger partial charge in [0.15, 0.2) is 0 Å². The van der Waals surface area contributed by atoms with Crippen molar-refractivity contribution in [3.8, 4) is 0 Å². The van der Waals surface area contributed by atoms with E-state index in [1.54, 1.807) is 0 Å². The molecule has 0 amide bonds. The summed E-state index contributed by atoms with van der Waals surface area (Å²) >= 11 is 0. The minimum absolute atomic E-state index is 0.0752. The van der Waals surface area contributed by atoms with E-state index in [1.807, 2.05) is 0 Å². The number of hydrogen-bond acceptors (Lipinski definition) is 8. The fraction of sp³-hybridized carbons (Fsp3) is 0.750. The molecule has 9 heteroatoms. The number of ether oxygens (including phenoxy) is 1. The molecule has 0 aromatic heterocycles. The summed E-state index contributed by atoms with van der Waals surface area (Å²) in [6.07, 6.45) is 0. The van der Waals surface area contributed by atoms with Crippen molar-refractivity contribution in [2.45, 2.75) is 12.1 Å². The van der Waals surface area contributed by atoms with Crippen LogP contribution in [0, 0.1) is 0 Å². The number of carboxylic acid groups (broad SMARTS) is 1. The van der Waals surface area contributed by atoms with Crippen LogP contribution in [0.5, 0.6) is 0 Å². The highest BCUT2D eigenvalue weighted by molar-refractivity contribution is 8.76. The van der Waals surface area contributed by atoms with E-state index in [2.05, 4.69) is 4.74 Å². The Labute approximate surface area is 107 Å². The van der Waals surface area contributed by atoms with Crippen LogP contribution in [0.2, 0.25) is 0 Å². The summed E-state index contributed by atoms with van der Waals surface area (Å²) in [5, 5.41) is 16.9. The van der Waals surface area contributed by atoms with Gasteiger partial charge in [0, 0.05) is 11.5 Å². The number of carbonyl (C=O) groups is 2. The Balaban J connectivity index is 3.60. The molecule has 0 aromatic carbocycles. The van der Waals surface area contributed by atoms with E-state index in [1.165, 1.54) is 21.6 Å². The summed E-state index contributed by atoms with van der Waals surface area (Å²) in [5.74, 6) is -1.13. The second-order valence-corrected chi connectivity index (χ2v) is 5.56. The predicted octanol–water partition coefficient (Wildman–Crippen LogP) is -1.36. The summed E-state index contributed by atoms with van der Waals surface area (Å²) in [7, 11) is 2.49. The van der Waals surface area contributed by atoms with Crippen LogP contribution in [-0.4, -0.2) is 59.0 Å². The van der Waals surface area contributed by atoms with Gasteiger partial charge in [0.2, 0.25) is 0 Å². The first-order valence-corrected chi connectivity index (χ1v) is 7.23. The number of esters is 1. The molecule has 0 saturated carbocycles. The smallest absolute Gasteiger partial charge is 0.323 e. The number of hydrogen-bond donors (Lipinski definition) is 4. The quantitative estimate of drug-likeness (QED) is 0.230. The zero-order valence-corrected chi connectivity index (χ0v) is 10.7. The molecule has 0 aliphatic heterocycles. The van der Waals surface area contributed by atoms with Crippen LogP contribution >= 0.6 is 21.6 Å². The lowest BCUT2D eigenvalue weighted by molar-refractivity contribution is -0.145. The lowest BCUT2D eigenvalue weighted by Crippen LogP contribution is -2.35. The van der Waals surface area contributed by atoms with E-state index in [9.17, 15) is 9.59 Å². The Morgan fingerprint density at radius 1 is 1.18 bits per heavy atom. The molecule has 0 fully saturated rings. The SMILES string of the molecule is N[C@@H](CSSC[C@H](N)C(=O)OCCO)C(=O)O. The Morgan fingerprint density at radius 3 is 2.18 bits per heavy atom. The maximum Gasteiger partial charge on any atom is 0.323 e. The van der Waals surface area contributed by atoms with Gasteiger partial charge in [0.1, 0.15) is 18.7 Å². The molecule has 0 saturated heterocycles. The molecule has 2 atom stereocenters. The number of carboxylic acids is 1. The summed E-state index contributed by atoms with van der Waals surface area (Å²) < 4.78 is 4.61. The van der Waals surface area contributed by atoms with E-state index in [4.69, 9.17) is 21.7 Å². The van der Waals surface area contributed by atoms with Gasteiger partial charge in [-0.2, -0.15) is 0 Å². The molecule has 0 radical (unpaired) electrons. The highest BCUT2D eigenvalue weighted by Crippen LogP contribution is 2.22. The van der Waals surface area contributed by atoms with Crippen LogP contribution in [0.15, 0.2) is 0 Å². The van der Waals surface area contributed by atoms with Crippen molar-refractivity contribution in [2.75, 3.05) is 24.7 Å². The van der Waals surface area contributed by atoms with Crippen LogP contribution in [0.1, 0.15) is 0 Å². The lowest BCUT2D eigenvalue weighted by atomic mass is 10.4. The van der Waals surface area contributed by atoms with Gasteiger partial charge >= 0.3 is 11.9 Å². The Morgan fingerprint density at radius 2 is 1.71 bits per heavy atom. The summed E-state index contributed by atoms with van der Waals surface area (Å²) in [4.78, 5) is 21.5. The van der Waals surface area contributed by atoms with Crippen molar-refractivity contribution in [1.29, 1.82) is 0 Å². The highest BCUT2D eigenvalue weighted by atomic mass is 33.1. The maximum atomic E-state index is 11.1. The minimum atomic E-state index is -1.07. The Bertz CT molecular complexity index is 254. The molecule has 100 valence electrons. The first kappa shape index (κ1) is 16.5. The van der Waals surface area contributed by atoms with Crippen molar-refractivity contribution in [3.05, 3.63) is 0 Å². The van der Waals surface area contributed by atoms with Crippen LogP contribution in [0.3, 0.4) is 0 Å². The summed E-state index contributed by atoms with van der Waals surface area (Å²) in [6.45, 7) is -0.317. The Hall–Kier alpha value is -0.480. The van der Waals surface area contributed by atoms with Gasteiger partial charge in [-0.05, 0) is 0 Å². The van der Waals surface area contributed by atoms with Crippen molar-refractivity contribution in [3.63, 3.8) is 0 Å². The molecule has 0 aliphatic rings. The van der Waals surface area contributed by atoms with Gasteiger partial charge < -0.3 is 26.4 Å². The van der Waals surface area contributed by atoms with Gasteiger partial charge in [0.05, 0.1) is 6.61 Å². The number of nitrogens with two attached hydrogens (primary N) is 2. The Kier molecular flexibility index (Phi) is 9.27. The number of carbonyl (C=O) groups excluding carboxylic acids is 1. The largest absolute Gasteiger partial charge is 0.480 e. The van der Waals surface area contributed by atoms with Gasteiger partial charge in [-0.1, -0.05) is 21.6 Å². The van der Waals surface area contributed by atoms with E-state index in [0.717, 1.165) is 0 Å². The molecule has 0 spiro atoms. The van der Waals surface area contributed by atoms with E-state index < -0.39 is 24.0 Å². The minimum Gasteiger partial charge on any atom is -0.480 e. The van der Waals surface area contributed by atoms with Crippen LogP contribution in [-0.2, 0) is 14.3 Å².